The van der Waals surface area contributed by atoms with Crippen molar-refractivity contribution in [2.75, 3.05) is 6.54 Å². The fraction of sp³-hybridized carbons (Fsp3) is 0.286. The van der Waals surface area contributed by atoms with E-state index in [4.69, 9.17) is 16.3 Å². The Balaban J connectivity index is 1.44. The Morgan fingerprint density at radius 2 is 2.10 bits per heavy atom. The lowest BCUT2D eigenvalue weighted by Gasteiger charge is -2.16. The van der Waals surface area contributed by atoms with E-state index in [1.54, 1.807) is 40.7 Å². The number of nitrogens with zero attached hydrogens (tertiary/aromatic N) is 4. The first-order chi connectivity index (χ1) is 14.0. The number of halogens is 2. The second kappa shape index (κ2) is 6.84. The van der Waals surface area contributed by atoms with Gasteiger partial charge >= 0.3 is 0 Å². The molecule has 1 aliphatic heterocycles. The third-order valence-electron chi connectivity index (χ3n) is 5.23. The Bertz CT molecular complexity index is 1110. The highest BCUT2D eigenvalue weighted by Crippen LogP contribution is 2.36. The number of carbonyl (C=O) groups excluding carboxylic acids is 1. The van der Waals surface area contributed by atoms with Crippen molar-refractivity contribution in [1.29, 1.82) is 0 Å². The van der Waals surface area contributed by atoms with Gasteiger partial charge in [-0.25, -0.2) is 14.4 Å². The normalized spacial score (nSPS) is 15.7. The first kappa shape index (κ1) is 18.1. The molecule has 5 rings (SSSR count). The van der Waals surface area contributed by atoms with Gasteiger partial charge in [0.2, 0.25) is 11.7 Å². The zero-order valence-corrected chi connectivity index (χ0v) is 16.5. The Labute approximate surface area is 171 Å². The molecule has 0 spiro atoms. The van der Waals surface area contributed by atoms with Crippen LogP contribution >= 0.6 is 11.6 Å². The van der Waals surface area contributed by atoms with E-state index in [1.807, 2.05) is 0 Å². The second-order valence-corrected chi connectivity index (χ2v) is 7.90. The summed E-state index contributed by atoms with van der Waals surface area (Å²) in [5, 5.41) is 0.495. The van der Waals surface area contributed by atoms with Crippen LogP contribution in [0.15, 0.2) is 36.5 Å². The van der Waals surface area contributed by atoms with Crippen LogP contribution in [-0.4, -0.2) is 31.9 Å². The van der Waals surface area contributed by atoms with E-state index < -0.39 is 5.82 Å². The minimum absolute atomic E-state index is 0.0829. The maximum absolute atomic E-state index is 15.0. The molecule has 2 aliphatic rings. The number of aromatic nitrogens is 3. The standard InChI is InChI=1S/C21H18ClFN4O2/c1-12-19(27-11-26(10-13-2-3-13)21(28)20(27)25-12)16-6-5-15(8-17(16)23)29-18-7-4-14(22)9-24-18/h4-9,13H,2-3,10-11H2,1H3. The minimum Gasteiger partial charge on any atom is -0.439 e. The van der Waals surface area contributed by atoms with Gasteiger partial charge in [-0.1, -0.05) is 11.6 Å². The van der Waals surface area contributed by atoms with Crippen LogP contribution in [0.25, 0.3) is 11.3 Å². The second-order valence-electron chi connectivity index (χ2n) is 7.47. The van der Waals surface area contributed by atoms with E-state index in [1.165, 1.54) is 12.3 Å². The van der Waals surface area contributed by atoms with Crippen molar-refractivity contribution < 1.29 is 13.9 Å². The quantitative estimate of drug-likeness (QED) is 0.611. The van der Waals surface area contributed by atoms with Gasteiger partial charge in [-0.15, -0.1) is 0 Å². The molecule has 3 aromatic rings. The van der Waals surface area contributed by atoms with Gasteiger partial charge in [0.25, 0.3) is 5.91 Å². The summed E-state index contributed by atoms with van der Waals surface area (Å²) in [5.41, 5.74) is 1.64. The van der Waals surface area contributed by atoms with Gasteiger partial charge in [0.05, 0.1) is 23.1 Å². The Kier molecular flexibility index (Phi) is 4.28. The van der Waals surface area contributed by atoms with Crippen LogP contribution in [0.5, 0.6) is 11.6 Å². The number of aryl methyl sites for hydroxylation is 1. The van der Waals surface area contributed by atoms with Crippen molar-refractivity contribution in [2.45, 2.75) is 26.4 Å². The van der Waals surface area contributed by atoms with Gasteiger partial charge in [0, 0.05) is 30.4 Å². The molecule has 1 saturated carbocycles. The number of carbonyl (C=O) groups is 1. The van der Waals surface area contributed by atoms with E-state index in [2.05, 4.69) is 9.97 Å². The van der Waals surface area contributed by atoms with Gasteiger partial charge in [0.15, 0.2) is 0 Å². The zero-order chi connectivity index (χ0) is 20.1. The molecule has 0 bridgehead atoms. The average molecular weight is 413 g/mol. The van der Waals surface area contributed by atoms with Crippen molar-refractivity contribution in [1.82, 2.24) is 19.4 Å². The van der Waals surface area contributed by atoms with Crippen LogP contribution in [0.1, 0.15) is 29.2 Å². The summed E-state index contributed by atoms with van der Waals surface area (Å²) in [6.45, 7) is 2.94. The highest BCUT2D eigenvalue weighted by atomic mass is 35.5. The van der Waals surface area contributed by atoms with Gasteiger partial charge < -0.3 is 14.2 Å². The predicted octanol–water partition coefficient (Wildman–Crippen LogP) is 4.66. The van der Waals surface area contributed by atoms with Crippen LogP contribution in [0.3, 0.4) is 0 Å². The molecule has 1 amide bonds. The molecule has 2 aromatic heterocycles. The predicted molar refractivity (Wildman–Crippen MR) is 105 cm³/mol. The highest BCUT2D eigenvalue weighted by molar-refractivity contribution is 6.30. The summed E-state index contributed by atoms with van der Waals surface area (Å²) in [5.74, 6) is 1.08. The van der Waals surface area contributed by atoms with E-state index in [0.717, 1.165) is 19.4 Å². The topological polar surface area (TPSA) is 60.2 Å². The smallest absolute Gasteiger partial charge is 0.291 e. The molecule has 0 N–H and O–H groups in total. The minimum atomic E-state index is -0.449. The number of hydrogen-bond donors (Lipinski definition) is 0. The number of hydrogen-bond acceptors (Lipinski definition) is 4. The summed E-state index contributed by atoms with van der Waals surface area (Å²) in [7, 11) is 0. The summed E-state index contributed by atoms with van der Waals surface area (Å²) < 4.78 is 22.4. The lowest BCUT2D eigenvalue weighted by Crippen LogP contribution is -2.27. The maximum atomic E-state index is 15.0. The number of amides is 1. The molecule has 0 radical (unpaired) electrons. The molecular weight excluding hydrogens is 395 g/mol. The monoisotopic (exact) mass is 412 g/mol. The van der Waals surface area contributed by atoms with Crippen molar-refractivity contribution in [3.63, 3.8) is 0 Å². The summed E-state index contributed by atoms with van der Waals surface area (Å²) in [6, 6.07) is 7.89. The first-order valence-corrected chi connectivity index (χ1v) is 9.83. The maximum Gasteiger partial charge on any atom is 0.291 e. The Hall–Kier alpha value is -2.93. The number of imidazole rings is 1. The molecular formula is C21H18ClFN4O2. The van der Waals surface area contributed by atoms with Gasteiger partial charge in [-0.3, -0.25) is 4.79 Å². The zero-order valence-electron chi connectivity index (χ0n) is 15.7. The molecule has 8 heteroatoms. The highest BCUT2D eigenvalue weighted by Gasteiger charge is 2.36. The molecule has 3 heterocycles. The van der Waals surface area contributed by atoms with Crippen LogP contribution < -0.4 is 4.74 Å². The van der Waals surface area contributed by atoms with Crippen LogP contribution in [-0.2, 0) is 6.67 Å². The fourth-order valence-electron chi connectivity index (χ4n) is 3.64. The third-order valence-corrected chi connectivity index (χ3v) is 5.45. The average Bonchev–Trinajstić information content (AvgIpc) is 3.39. The van der Waals surface area contributed by atoms with Crippen molar-refractivity contribution in [3.8, 4) is 22.9 Å². The lowest BCUT2D eigenvalue weighted by molar-refractivity contribution is 0.0758. The number of benzene rings is 1. The van der Waals surface area contributed by atoms with Crippen LogP contribution in [0.2, 0.25) is 5.02 Å². The Morgan fingerprint density at radius 1 is 1.28 bits per heavy atom. The molecule has 6 nitrogen and oxygen atoms in total. The molecule has 0 atom stereocenters. The van der Waals surface area contributed by atoms with Gasteiger partial charge in [0.1, 0.15) is 11.6 Å². The summed E-state index contributed by atoms with van der Waals surface area (Å²) in [6.07, 6.45) is 3.79. The van der Waals surface area contributed by atoms with E-state index >= 15 is 0 Å². The lowest BCUT2D eigenvalue weighted by atomic mass is 10.1. The molecule has 0 saturated heterocycles. The molecule has 0 unspecified atom stereocenters. The molecule has 1 aliphatic carbocycles. The molecule has 29 heavy (non-hydrogen) atoms. The first-order valence-electron chi connectivity index (χ1n) is 9.45. The number of rotatable bonds is 5. The number of pyridine rings is 1. The van der Waals surface area contributed by atoms with E-state index in [0.29, 0.717) is 52.0 Å². The van der Waals surface area contributed by atoms with E-state index in [-0.39, 0.29) is 5.91 Å². The summed E-state index contributed by atoms with van der Waals surface area (Å²) >= 11 is 5.82. The van der Waals surface area contributed by atoms with Crippen molar-refractivity contribution in [2.24, 2.45) is 5.92 Å². The van der Waals surface area contributed by atoms with Crippen molar-refractivity contribution in [3.05, 3.63) is 58.9 Å². The molecule has 148 valence electrons. The largest absolute Gasteiger partial charge is 0.439 e. The molecule has 1 aromatic carbocycles. The summed E-state index contributed by atoms with van der Waals surface area (Å²) in [4.78, 5) is 22.9. The van der Waals surface area contributed by atoms with Gasteiger partial charge in [-0.2, -0.15) is 0 Å². The van der Waals surface area contributed by atoms with Crippen molar-refractivity contribution >= 4 is 17.5 Å². The van der Waals surface area contributed by atoms with E-state index in [9.17, 15) is 9.18 Å². The molecule has 1 fully saturated rings. The third kappa shape index (κ3) is 3.35. The fourth-order valence-corrected chi connectivity index (χ4v) is 3.75. The van der Waals surface area contributed by atoms with Crippen LogP contribution in [0, 0.1) is 18.7 Å². The van der Waals surface area contributed by atoms with Crippen LogP contribution in [0.4, 0.5) is 4.39 Å². The Morgan fingerprint density at radius 3 is 2.79 bits per heavy atom. The number of fused-ring (bicyclic) bond motifs is 1. The number of ether oxygens (including phenoxy) is 1. The van der Waals surface area contributed by atoms with Gasteiger partial charge in [-0.05, 0) is 43.9 Å². The SMILES string of the molecule is Cc1nc2n(c1-c1ccc(Oc3ccc(Cl)cn3)cc1F)CN(CC1CC1)C2=O.